The molecule has 0 spiro atoms. The number of hydrogen-bond donors (Lipinski definition) is 1. The van der Waals surface area contributed by atoms with Crippen LogP contribution < -0.4 is 10.2 Å². The number of nitrogens with zero attached hydrogens (tertiary/aromatic N) is 1. The molecule has 0 radical (unpaired) electrons. The minimum atomic E-state index is -0.985. The number of carbonyl (C=O) groups excluding carboxylic acids is 2. The van der Waals surface area contributed by atoms with Crippen LogP contribution in [0.2, 0.25) is 0 Å². The van der Waals surface area contributed by atoms with Crippen LogP contribution in [0.4, 0.5) is 15.8 Å². The number of carbonyl (C=O) groups is 2. The second-order valence-corrected chi connectivity index (χ2v) is 6.19. The highest BCUT2D eigenvalue weighted by Crippen LogP contribution is 2.19. The number of ether oxygens (including phenoxy) is 2. The standard InChI is InChI=1S/C20H21FN2O4/c1-14(27-20(25)15-2-4-16(21)5-3-15)19(24)22-17-6-8-18(9-7-17)23-10-12-26-13-11-23/h2-9,14H,10-13H2,1H3,(H,22,24)/t14-/m0/s1. The molecule has 2 aromatic carbocycles. The zero-order chi connectivity index (χ0) is 19.2. The molecule has 0 aromatic heterocycles. The zero-order valence-corrected chi connectivity index (χ0v) is 15.0. The van der Waals surface area contributed by atoms with Gasteiger partial charge in [0, 0.05) is 24.5 Å². The van der Waals surface area contributed by atoms with E-state index in [0.29, 0.717) is 18.9 Å². The quantitative estimate of drug-likeness (QED) is 0.818. The molecule has 3 rings (SSSR count). The number of morpholine rings is 1. The lowest BCUT2D eigenvalue weighted by atomic mass is 10.2. The maximum absolute atomic E-state index is 12.9. The summed E-state index contributed by atoms with van der Waals surface area (Å²) >= 11 is 0. The molecule has 0 saturated carbocycles. The summed E-state index contributed by atoms with van der Waals surface area (Å²) in [5.41, 5.74) is 1.86. The third-order valence-corrected chi connectivity index (χ3v) is 4.24. The van der Waals surface area contributed by atoms with Crippen LogP contribution >= 0.6 is 0 Å². The third kappa shape index (κ3) is 5.04. The number of hydrogen-bond acceptors (Lipinski definition) is 5. The van der Waals surface area contributed by atoms with Gasteiger partial charge in [-0.3, -0.25) is 4.79 Å². The smallest absolute Gasteiger partial charge is 0.338 e. The van der Waals surface area contributed by atoms with Crippen molar-refractivity contribution in [3.8, 4) is 0 Å². The summed E-state index contributed by atoms with van der Waals surface area (Å²) in [4.78, 5) is 26.5. The second kappa shape index (κ2) is 8.64. The zero-order valence-electron chi connectivity index (χ0n) is 15.0. The van der Waals surface area contributed by atoms with E-state index in [4.69, 9.17) is 9.47 Å². The topological polar surface area (TPSA) is 67.9 Å². The lowest BCUT2D eigenvalue weighted by Gasteiger charge is -2.28. The van der Waals surface area contributed by atoms with Crippen molar-refractivity contribution in [2.45, 2.75) is 13.0 Å². The van der Waals surface area contributed by atoms with Crippen molar-refractivity contribution in [2.24, 2.45) is 0 Å². The lowest BCUT2D eigenvalue weighted by Crippen LogP contribution is -2.36. The van der Waals surface area contributed by atoms with Gasteiger partial charge in [-0.05, 0) is 55.5 Å². The largest absolute Gasteiger partial charge is 0.449 e. The van der Waals surface area contributed by atoms with E-state index in [1.807, 2.05) is 12.1 Å². The van der Waals surface area contributed by atoms with Gasteiger partial charge in [0.25, 0.3) is 5.91 Å². The first-order valence-corrected chi connectivity index (χ1v) is 8.73. The molecule has 0 unspecified atom stereocenters. The van der Waals surface area contributed by atoms with Gasteiger partial charge in [0.15, 0.2) is 6.10 Å². The molecule has 7 heteroatoms. The van der Waals surface area contributed by atoms with Crippen molar-refractivity contribution >= 4 is 23.3 Å². The van der Waals surface area contributed by atoms with E-state index < -0.39 is 23.8 Å². The minimum Gasteiger partial charge on any atom is -0.449 e. The minimum absolute atomic E-state index is 0.186. The van der Waals surface area contributed by atoms with Gasteiger partial charge >= 0.3 is 5.97 Å². The van der Waals surface area contributed by atoms with Crippen LogP contribution in [0.5, 0.6) is 0 Å². The molecule has 1 saturated heterocycles. The van der Waals surface area contributed by atoms with Crippen molar-refractivity contribution in [1.82, 2.24) is 0 Å². The van der Waals surface area contributed by atoms with Gasteiger partial charge < -0.3 is 19.7 Å². The highest BCUT2D eigenvalue weighted by molar-refractivity contribution is 5.97. The summed E-state index contributed by atoms with van der Waals surface area (Å²) < 4.78 is 23.4. The van der Waals surface area contributed by atoms with Gasteiger partial charge in [-0.25, -0.2) is 9.18 Å². The molecule has 27 heavy (non-hydrogen) atoms. The van der Waals surface area contributed by atoms with Gasteiger partial charge in [-0.15, -0.1) is 0 Å². The van der Waals surface area contributed by atoms with E-state index in [0.717, 1.165) is 30.9 Å². The maximum atomic E-state index is 12.9. The van der Waals surface area contributed by atoms with Crippen molar-refractivity contribution in [2.75, 3.05) is 36.5 Å². The molecule has 6 nitrogen and oxygen atoms in total. The Hall–Kier alpha value is -2.93. The fourth-order valence-electron chi connectivity index (χ4n) is 2.69. The summed E-state index contributed by atoms with van der Waals surface area (Å²) in [5.74, 6) is -1.57. The molecule has 1 amide bonds. The average Bonchev–Trinajstić information content (AvgIpc) is 2.69. The number of halogens is 1. The van der Waals surface area contributed by atoms with Crippen molar-refractivity contribution in [1.29, 1.82) is 0 Å². The molecule has 142 valence electrons. The van der Waals surface area contributed by atoms with E-state index in [9.17, 15) is 14.0 Å². The molecule has 0 bridgehead atoms. The number of benzene rings is 2. The summed E-state index contributed by atoms with van der Waals surface area (Å²) in [6.07, 6.45) is -0.985. The molecule has 1 N–H and O–H groups in total. The number of anilines is 2. The van der Waals surface area contributed by atoms with E-state index in [1.165, 1.54) is 19.1 Å². The molecule has 1 heterocycles. The SMILES string of the molecule is C[C@H](OC(=O)c1ccc(F)cc1)C(=O)Nc1ccc(N2CCOCC2)cc1. The van der Waals surface area contributed by atoms with E-state index in [-0.39, 0.29) is 5.56 Å². The predicted octanol–water partition coefficient (Wildman–Crippen LogP) is 2.85. The molecule has 1 atom stereocenters. The summed E-state index contributed by atoms with van der Waals surface area (Å²) in [6.45, 7) is 4.56. The fraction of sp³-hybridized carbons (Fsp3) is 0.300. The van der Waals surface area contributed by atoms with Crippen molar-refractivity contribution in [3.63, 3.8) is 0 Å². The number of rotatable bonds is 5. The van der Waals surface area contributed by atoms with Crippen LogP contribution in [-0.2, 0) is 14.3 Å². The first-order valence-electron chi connectivity index (χ1n) is 8.73. The Morgan fingerprint density at radius 3 is 2.33 bits per heavy atom. The van der Waals surface area contributed by atoms with Gasteiger partial charge in [-0.1, -0.05) is 0 Å². The van der Waals surface area contributed by atoms with Crippen LogP contribution in [-0.4, -0.2) is 44.3 Å². The van der Waals surface area contributed by atoms with E-state index in [2.05, 4.69) is 10.2 Å². The van der Waals surface area contributed by atoms with Gasteiger partial charge in [-0.2, -0.15) is 0 Å². The second-order valence-electron chi connectivity index (χ2n) is 6.19. The van der Waals surface area contributed by atoms with Crippen LogP contribution in [0.3, 0.4) is 0 Å². The number of amides is 1. The fourth-order valence-corrected chi connectivity index (χ4v) is 2.69. The lowest BCUT2D eigenvalue weighted by molar-refractivity contribution is -0.123. The highest BCUT2D eigenvalue weighted by atomic mass is 19.1. The third-order valence-electron chi connectivity index (χ3n) is 4.24. The Morgan fingerprint density at radius 1 is 1.07 bits per heavy atom. The van der Waals surface area contributed by atoms with E-state index >= 15 is 0 Å². The first kappa shape index (κ1) is 18.8. The van der Waals surface area contributed by atoms with Crippen LogP contribution in [0.15, 0.2) is 48.5 Å². The normalized spacial score (nSPS) is 15.1. The van der Waals surface area contributed by atoms with Crippen molar-refractivity contribution in [3.05, 3.63) is 59.9 Å². The monoisotopic (exact) mass is 372 g/mol. The predicted molar refractivity (Wildman–Crippen MR) is 99.4 cm³/mol. The highest BCUT2D eigenvalue weighted by Gasteiger charge is 2.19. The maximum Gasteiger partial charge on any atom is 0.338 e. The Morgan fingerprint density at radius 2 is 1.70 bits per heavy atom. The Kier molecular flexibility index (Phi) is 6.03. The summed E-state index contributed by atoms with van der Waals surface area (Å²) in [6, 6.07) is 12.4. The summed E-state index contributed by atoms with van der Waals surface area (Å²) in [7, 11) is 0. The Labute approximate surface area is 156 Å². The molecule has 1 fully saturated rings. The van der Waals surface area contributed by atoms with Crippen molar-refractivity contribution < 1.29 is 23.5 Å². The van der Waals surface area contributed by atoms with Crippen LogP contribution in [0, 0.1) is 5.82 Å². The Balaban J connectivity index is 1.54. The molecular weight excluding hydrogens is 351 g/mol. The molecule has 1 aliphatic heterocycles. The summed E-state index contributed by atoms with van der Waals surface area (Å²) in [5, 5.41) is 2.72. The first-order chi connectivity index (χ1) is 13.0. The van der Waals surface area contributed by atoms with E-state index in [1.54, 1.807) is 12.1 Å². The van der Waals surface area contributed by atoms with Gasteiger partial charge in [0.1, 0.15) is 5.82 Å². The molecule has 2 aromatic rings. The molecule has 0 aliphatic carbocycles. The molecule has 1 aliphatic rings. The number of nitrogens with one attached hydrogen (secondary N) is 1. The number of esters is 1. The van der Waals surface area contributed by atoms with Gasteiger partial charge in [0.2, 0.25) is 0 Å². The van der Waals surface area contributed by atoms with Crippen LogP contribution in [0.1, 0.15) is 17.3 Å². The molecular formula is C20H21FN2O4. The van der Waals surface area contributed by atoms with Crippen LogP contribution in [0.25, 0.3) is 0 Å². The Bertz CT molecular complexity index is 787. The average molecular weight is 372 g/mol. The van der Waals surface area contributed by atoms with Gasteiger partial charge in [0.05, 0.1) is 18.8 Å².